The van der Waals surface area contributed by atoms with Gasteiger partial charge >= 0.3 is 0 Å². The van der Waals surface area contributed by atoms with E-state index in [1.807, 2.05) is 61.6 Å². The molecule has 1 aromatic carbocycles. The molecular formula is C29H37N3O5. The Morgan fingerprint density at radius 2 is 1.73 bits per heavy atom. The van der Waals surface area contributed by atoms with E-state index in [2.05, 4.69) is 6.92 Å². The fourth-order valence-corrected chi connectivity index (χ4v) is 6.78. The number of rotatable bonds is 7. The molecule has 1 spiro atoms. The van der Waals surface area contributed by atoms with E-state index in [-0.39, 0.29) is 24.3 Å². The van der Waals surface area contributed by atoms with Crippen LogP contribution in [0.15, 0.2) is 54.6 Å². The summed E-state index contributed by atoms with van der Waals surface area (Å²) in [5.41, 5.74) is -1.56. The molecule has 1 aromatic rings. The van der Waals surface area contributed by atoms with Crippen LogP contribution in [0.2, 0.25) is 0 Å². The highest BCUT2D eigenvalue weighted by molar-refractivity contribution is 6.00. The SMILES string of the molecule is CCCCN1CC=C[C@]23O[C@]4(CC)C=CCN(C)C(=O)[C@@H]4[C@H]2C(=O)N([C@H](CO)c2ccccc2)C3C1=O. The van der Waals surface area contributed by atoms with Crippen LogP contribution < -0.4 is 0 Å². The van der Waals surface area contributed by atoms with Crippen molar-refractivity contribution in [3.05, 3.63) is 60.2 Å². The minimum absolute atomic E-state index is 0.157. The Kier molecular flexibility index (Phi) is 6.75. The van der Waals surface area contributed by atoms with Gasteiger partial charge in [-0.05, 0) is 18.4 Å². The van der Waals surface area contributed by atoms with Crippen LogP contribution in [0.4, 0.5) is 0 Å². The standard InChI is InChI=1S/C29H37N3O5/c1-4-6-17-31-18-11-15-29-23(22-25(34)30(3)16-10-14-28(22,5-2)37-29)26(35)32(24(29)27(31)36)21(19-33)20-12-8-7-9-13-20/h7-15,21-24,33H,4-6,16-19H2,1-3H3/t21-,22+,23+,24?,28-,29+/m1/s1. The van der Waals surface area contributed by atoms with Crippen molar-refractivity contribution < 1.29 is 24.2 Å². The summed E-state index contributed by atoms with van der Waals surface area (Å²) in [6, 6.07) is 7.56. The summed E-state index contributed by atoms with van der Waals surface area (Å²) in [6.07, 6.45) is 9.91. The summed E-state index contributed by atoms with van der Waals surface area (Å²) in [4.78, 5) is 47.6. The number of hydrogen-bond donors (Lipinski definition) is 1. The Balaban J connectivity index is 1.70. The first-order valence-electron chi connectivity index (χ1n) is 13.4. The van der Waals surface area contributed by atoms with Crippen LogP contribution in [0.25, 0.3) is 0 Å². The van der Waals surface area contributed by atoms with E-state index >= 15 is 0 Å². The Bertz CT molecular complexity index is 1120. The number of carbonyl (C=O) groups is 3. The molecule has 0 aromatic heterocycles. The molecule has 4 aliphatic heterocycles. The molecule has 37 heavy (non-hydrogen) atoms. The molecule has 0 aliphatic carbocycles. The number of carbonyl (C=O) groups excluding carboxylic acids is 3. The Labute approximate surface area is 218 Å². The molecule has 0 radical (unpaired) electrons. The van der Waals surface area contributed by atoms with Crippen LogP contribution in [-0.4, -0.2) is 88.1 Å². The van der Waals surface area contributed by atoms with Gasteiger partial charge in [0.2, 0.25) is 17.7 Å². The second-order valence-corrected chi connectivity index (χ2v) is 10.6. The summed E-state index contributed by atoms with van der Waals surface area (Å²) in [7, 11) is 1.74. The normalized spacial score (nSPS) is 33.8. The topological polar surface area (TPSA) is 90.4 Å². The van der Waals surface area contributed by atoms with Crippen molar-refractivity contribution >= 4 is 17.7 Å². The van der Waals surface area contributed by atoms with E-state index in [4.69, 9.17) is 4.74 Å². The van der Waals surface area contributed by atoms with Gasteiger partial charge in [-0.25, -0.2) is 0 Å². The molecule has 0 saturated carbocycles. The first-order valence-corrected chi connectivity index (χ1v) is 13.4. The van der Waals surface area contributed by atoms with E-state index in [0.717, 1.165) is 18.4 Å². The maximum atomic E-state index is 14.5. The summed E-state index contributed by atoms with van der Waals surface area (Å²) < 4.78 is 6.94. The second-order valence-electron chi connectivity index (χ2n) is 10.6. The largest absolute Gasteiger partial charge is 0.394 e. The molecule has 2 fully saturated rings. The van der Waals surface area contributed by atoms with Crippen LogP contribution in [0, 0.1) is 11.8 Å². The third-order valence-corrected chi connectivity index (χ3v) is 8.64. The molecule has 5 rings (SSSR count). The number of likely N-dealkylation sites (tertiary alicyclic amines) is 1. The van der Waals surface area contributed by atoms with E-state index in [1.165, 1.54) is 4.90 Å². The number of hydrogen-bond acceptors (Lipinski definition) is 5. The van der Waals surface area contributed by atoms with Crippen molar-refractivity contribution in [1.29, 1.82) is 0 Å². The van der Waals surface area contributed by atoms with Gasteiger partial charge in [0.25, 0.3) is 0 Å². The van der Waals surface area contributed by atoms with Gasteiger partial charge in [-0.3, -0.25) is 14.4 Å². The van der Waals surface area contributed by atoms with Gasteiger partial charge in [-0.2, -0.15) is 0 Å². The zero-order chi connectivity index (χ0) is 26.4. The maximum absolute atomic E-state index is 14.5. The second kappa shape index (κ2) is 9.72. The molecule has 198 valence electrons. The van der Waals surface area contributed by atoms with Crippen molar-refractivity contribution in [2.75, 3.05) is 33.3 Å². The Hall–Kier alpha value is -2.97. The molecule has 8 nitrogen and oxygen atoms in total. The number of likely N-dealkylation sites (N-methyl/N-ethyl adjacent to an activating group) is 1. The molecule has 0 bridgehead atoms. The van der Waals surface area contributed by atoms with Gasteiger partial charge < -0.3 is 24.5 Å². The number of aliphatic hydroxyl groups is 1. The van der Waals surface area contributed by atoms with Crippen LogP contribution in [0.1, 0.15) is 44.7 Å². The molecule has 4 aliphatic rings. The smallest absolute Gasteiger partial charge is 0.249 e. The van der Waals surface area contributed by atoms with Gasteiger partial charge in [0, 0.05) is 26.7 Å². The highest BCUT2D eigenvalue weighted by Crippen LogP contribution is 2.59. The van der Waals surface area contributed by atoms with Crippen LogP contribution in [-0.2, 0) is 19.1 Å². The maximum Gasteiger partial charge on any atom is 0.249 e. The van der Waals surface area contributed by atoms with Crippen molar-refractivity contribution in [1.82, 2.24) is 14.7 Å². The predicted molar refractivity (Wildman–Crippen MR) is 138 cm³/mol. The third kappa shape index (κ3) is 3.76. The number of unbranched alkanes of at least 4 members (excludes halogenated alkanes) is 1. The molecule has 3 amide bonds. The minimum Gasteiger partial charge on any atom is -0.394 e. The average Bonchev–Trinajstić information content (AvgIpc) is 3.21. The van der Waals surface area contributed by atoms with Gasteiger partial charge in [-0.1, -0.05) is 74.9 Å². The molecular weight excluding hydrogens is 470 g/mol. The summed E-state index contributed by atoms with van der Waals surface area (Å²) in [5, 5.41) is 10.6. The quantitative estimate of drug-likeness (QED) is 0.572. The Morgan fingerprint density at radius 1 is 1.00 bits per heavy atom. The lowest BCUT2D eigenvalue weighted by Gasteiger charge is -2.41. The lowest BCUT2D eigenvalue weighted by Crippen LogP contribution is -2.57. The third-order valence-electron chi connectivity index (χ3n) is 8.64. The van der Waals surface area contributed by atoms with E-state index < -0.39 is 35.1 Å². The fraction of sp³-hybridized carbons (Fsp3) is 0.552. The lowest BCUT2D eigenvalue weighted by atomic mass is 9.73. The first kappa shape index (κ1) is 25.7. The molecule has 1 unspecified atom stereocenters. The average molecular weight is 508 g/mol. The summed E-state index contributed by atoms with van der Waals surface area (Å²) >= 11 is 0. The van der Waals surface area contributed by atoms with Gasteiger partial charge in [0.1, 0.15) is 11.6 Å². The minimum atomic E-state index is -1.31. The highest BCUT2D eigenvalue weighted by Gasteiger charge is 2.75. The number of aliphatic hydroxyl groups excluding tert-OH is 1. The van der Waals surface area contributed by atoms with Gasteiger partial charge in [-0.15, -0.1) is 0 Å². The van der Waals surface area contributed by atoms with Gasteiger partial charge in [0.15, 0.2) is 0 Å². The fourth-order valence-electron chi connectivity index (χ4n) is 6.78. The lowest BCUT2D eigenvalue weighted by molar-refractivity contribution is -0.157. The number of benzene rings is 1. The molecule has 8 heteroatoms. The van der Waals surface area contributed by atoms with E-state index in [0.29, 0.717) is 26.1 Å². The van der Waals surface area contributed by atoms with Crippen molar-refractivity contribution in [2.45, 2.75) is 56.4 Å². The predicted octanol–water partition coefficient (Wildman–Crippen LogP) is 2.31. The monoisotopic (exact) mass is 507 g/mol. The van der Waals surface area contributed by atoms with Crippen LogP contribution in [0.3, 0.4) is 0 Å². The van der Waals surface area contributed by atoms with Crippen LogP contribution >= 0.6 is 0 Å². The van der Waals surface area contributed by atoms with E-state index in [1.54, 1.807) is 16.8 Å². The molecule has 1 N–H and O–H groups in total. The van der Waals surface area contributed by atoms with Crippen molar-refractivity contribution in [3.63, 3.8) is 0 Å². The van der Waals surface area contributed by atoms with Crippen molar-refractivity contribution in [3.8, 4) is 0 Å². The Morgan fingerprint density at radius 3 is 2.41 bits per heavy atom. The number of ether oxygens (including phenoxy) is 1. The van der Waals surface area contributed by atoms with Crippen LogP contribution in [0.5, 0.6) is 0 Å². The van der Waals surface area contributed by atoms with Crippen molar-refractivity contribution in [2.24, 2.45) is 11.8 Å². The molecule has 2 saturated heterocycles. The zero-order valence-corrected chi connectivity index (χ0v) is 21.9. The summed E-state index contributed by atoms with van der Waals surface area (Å²) in [6.45, 7) is 5.10. The molecule has 6 atom stereocenters. The zero-order valence-electron chi connectivity index (χ0n) is 21.9. The highest BCUT2D eigenvalue weighted by atomic mass is 16.5. The van der Waals surface area contributed by atoms with Gasteiger partial charge in [0.05, 0.1) is 30.1 Å². The number of nitrogens with zero attached hydrogens (tertiary/aromatic N) is 3. The van der Waals surface area contributed by atoms with E-state index in [9.17, 15) is 19.5 Å². The first-order chi connectivity index (χ1) is 17.8. The summed E-state index contributed by atoms with van der Waals surface area (Å²) in [5.74, 6) is -2.32. The number of amides is 3. The molecule has 4 heterocycles. The number of fused-ring (bicyclic) bond motifs is 2.